The van der Waals surface area contributed by atoms with Gasteiger partial charge in [0.15, 0.2) is 0 Å². The van der Waals surface area contributed by atoms with Crippen LogP contribution in [0, 0.1) is 0 Å². The molecule has 4 nitrogen and oxygen atoms in total. The van der Waals surface area contributed by atoms with Crippen molar-refractivity contribution >= 4 is 0 Å². The van der Waals surface area contributed by atoms with E-state index in [0.29, 0.717) is 0 Å². The summed E-state index contributed by atoms with van der Waals surface area (Å²) in [7, 11) is 1.66. The molecule has 0 unspecified atom stereocenters. The third-order valence-corrected chi connectivity index (χ3v) is 2.01. The zero-order valence-corrected chi connectivity index (χ0v) is 7.90. The molecule has 2 rings (SSSR count). The molecule has 1 aromatic carbocycles. The molecule has 0 spiro atoms. The van der Waals surface area contributed by atoms with Gasteiger partial charge in [0.1, 0.15) is 5.75 Å². The zero-order valence-electron chi connectivity index (χ0n) is 7.90. The lowest BCUT2D eigenvalue weighted by atomic mass is 10.1. The average molecular weight is 189 g/mol. The first-order valence-corrected chi connectivity index (χ1v) is 4.36. The number of aromatic nitrogens is 3. The number of H-pyrrole nitrogens is 1. The van der Waals surface area contributed by atoms with Crippen LogP contribution in [0.1, 0.15) is 11.3 Å². The highest BCUT2D eigenvalue weighted by atomic mass is 16.5. The van der Waals surface area contributed by atoms with Crippen LogP contribution in [0.25, 0.3) is 0 Å². The Balaban J connectivity index is 2.10. The van der Waals surface area contributed by atoms with Gasteiger partial charge in [-0.25, -0.2) is 0 Å². The molecule has 0 aliphatic heterocycles. The van der Waals surface area contributed by atoms with Crippen molar-refractivity contribution < 1.29 is 4.74 Å². The Morgan fingerprint density at radius 2 is 2.07 bits per heavy atom. The number of benzene rings is 1. The summed E-state index contributed by atoms with van der Waals surface area (Å²) in [5.74, 6) is 0.869. The molecule has 1 aromatic heterocycles. The Labute approximate surface area is 81.9 Å². The van der Waals surface area contributed by atoms with Crippen molar-refractivity contribution in [3.63, 3.8) is 0 Å². The fourth-order valence-electron chi connectivity index (χ4n) is 1.26. The highest BCUT2D eigenvalue weighted by Gasteiger charge is 1.98. The number of ether oxygens (including phenoxy) is 1. The lowest BCUT2D eigenvalue weighted by Crippen LogP contribution is -1.89. The van der Waals surface area contributed by atoms with Crippen molar-refractivity contribution in [3.8, 4) is 5.75 Å². The fourth-order valence-corrected chi connectivity index (χ4v) is 1.26. The summed E-state index contributed by atoms with van der Waals surface area (Å²) < 4.78 is 5.07. The van der Waals surface area contributed by atoms with E-state index in [9.17, 15) is 0 Å². The van der Waals surface area contributed by atoms with E-state index < -0.39 is 0 Å². The lowest BCUT2D eigenvalue weighted by molar-refractivity contribution is 0.414. The second-order valence-corrected chi connectivity index (χ2v) is 2.99. The van der Waals surface area contributed by atoms with Crippen LogP contribution in [0.3, 0.4) is 0 Å². The van der Waals surface area contributed by atoms with E-state index in [2.05, 4.69) is 15.4 Å². The molecule has 4 heteroatoms. The Hall–Kier alpha value is -1.84. The molecule has 0 amide bonds. The molecule has 14 heavy (non-hydrogen) atoms. The number of hydrogen-bond donors (Lipinski definition) is 1. The van der Waals surface area contributed by atoms with Gasteiger partial charge in [0, 0.05) is 6.42 Å². The first-order chi connectivity index (χ1) is 6.88. The maximum absolute atomic E-state index is 5.07. The first kappa shape index (κ1) is 8.74. The Morgan fingerprint density at radius 1 is 1.29 bits per heavy atom. The summed E-state index contributed by atoms with van der Waals surface area (Å²) in [6, 6.07) is 7.92. The molecular formula is C10H11N3O. The van der Waals surface area contributed by atoms with E-state index in [-0.39, 0.29) is 0 Å². The minimum atomic E-state index is 0.792. The molecule has 0 aliphatic carbocycles. The van der Waals surface area contributed by atoms with Gasteiger partial charge in [-0.2, -0.15) is 15.4 Å². The van der Waals surface area contributed by atoms with E-state index in [1.54, 1.807) is 13.3 Å². The molecule has 0 radical (unpaired) electrons. The van der Waals surface area contributed by atoms with E-state index in [1.807, 2.05) is 24.3 Å². The lowest BCUT2D eigenvalue weighted by Gasteiger charge is -2.00. The van der Waals surface area contributed by atoms with Gasteiger partial charge in [0.2, 0.25) is 0 Å². The van der Waals surface area contributed by atoms with Gasteiger partial charge >= 0.3 is 0 Å². The van der Waals surface area contributed by atoms with Gasteiger partial charge in [-0.15, -0.1) is 0 Å². The van der Waals surface area contributed by atoms with Crippen LogP contribution >= 0.6 is 0 Å². The van der Waals surface area contributed by atoms with Crippen molar-refractivity contribution in [2.45, 2.75) is 6.42 Å². The summed E-state index contributed by atoms with van der Waals surface area (Å²) in [6.07, 6.45) is 2.52. The van der Waals surface area contributed by atoms with E-state index in [4.69, 9.17) is 4.74 Å². The van der Waals surface area contributed by atoms with Crippen LogP contribution in [-0.4, -0.2) is 22.5 Å². The first-order valence-electron chi connectivity index (χ1n) is 4.36. The topological polar surface area (TPSA) is 50.8 Å². The zero-order chi connectivity index (χ0) is 9.80. The molecule has 0 bridgehead atoms. The fraction of sp³-hybridized carbons (Fsp3) is 0.200. The molecule has 0 fully saturated rings. The van der Waals surface area contributed by atoms with Gasteiger partial charge in [0.05, 0.1) is 19.0 Å². The molecule has 0 aliphatic rings. The number of rotatable bonds is 3. The van der Waals surface area contributed by atoms with E-state index in [0.717, 1.165) is 17.9 Å². The minimum absolute atomic E-state index is 0.792. The molecule has 2 aromatic rings. The summed E-state index contributed by atoms with van der Waals surface area (Å²) in [5.41, 5.74) is 2.13. The predicted molar refractivity (Wildman–Crippen MR) is 52.2 cm³/mol. The number of nitrogens with one attached hydrogen (secondary N) is 1. The van der Waals surface area contributed by atoms with Crippen LogP contribution in [0.5, 0.6) is 5.75 Å². The molecular weight excluding hydrogens is 178 g/mol. The molecule has 1 N–H and O–H groups in total. The highest BCUT2D eigenvalue weighted by molar-refractivity contribution is 5.29. The Kier molecular flexibility index (Phi) is 2.44. The van der Waals surface area contributed by atoms with Crippen molar-refractivity contribution in [2.24, 2.45) is 0 Å². The van der Waals surface area contributed by atoms with E-state index >= 15 is 0 Å². The summed E-state index contributed by atoms with van der Waals surface area (Å²) in [4.78, 5) is 0. The van der Waals surface area contributed by atoms with Crippen LogP contribution in [0.15, 0.2) is 30.5 Å². The minimum Gasteiger partial charge on any atom is -0.497 e. The normalized spacial score (nSPS) is 10.1. The monoisotopic (exact) mass is 189 g/mol. The van der Waals surface area contributed by atoms with Crippen LogP contribution in [-0.2, 0) is 6.42 Å². The van der Waals surface area contributed by atoms with Gasteiger partial charge in [-0.05, 0) is 17.7 Å². The number of nitrogens with zero attached hydrogens (tertiary/aromatic N) is 2. The summed E-state index contributed by atoms with van der Waals surface area (Å²) in [6.45, 7) is 0. The maximum Gasteiger partial charge on any atom is 0.118 e. The third-order valence-electron chi connectivity index (χ3n) is 2.01. The Bertz CT molecular complexity index is 380. The maximum atomic E-state index is 5.07. The van der Waals surface area contributed by atoms with Crippen molar-refractivity contribution in [2.75, 3.05) is 7.11 Å². The smallest absolute Gasteiger partial charge is 0.118 e. The summed E-state index contributed by atoms with van der Waals surface area (Å²) in [5, 5.41) is 10.3. The van der Waals surface area contributed by atoms with Crippen LogP contribution < -0.4 is 4.74 Å². The SMILES string of the molecule is COc1ccc(Cc2cn[nH]n2)cc1. The van der Waals surface area contributed by atoms with E-state index in [1.165, 1.54) is 5.56 Å². The quantitative estimate of drug-likeness (QED) is 0.794. The number of aromatic amines is 1. The second kappa shape index (κ2) is 3.91. The number of methoxy groups -OCH3 is 1. The van der Waals surface area contributed by atoms with Gasteiger partial charge < -0.3 is 4.74 Å². The van der Waals surface area contributed by atoms with Crippen molar-refractivity contribution in [3.05, 3.63) is 41.7 Å². The molecule has 0 atom stereocenters. The average Bonchev–Trinajstić information content (AvgIpc) is 2.72. The molecule has 1 heterocycles. The van der Waals surface area contributed by atoms with Crippen molar-refractivity contribution in [1.82, 2.24) is 15.4 Å². The van der Waals surface area contributed by atoms with Gasteiger partial charge in [0.25, 0.3) is 0 Å². The summed E-state index contributed by atoms with van der Waals surface area (Å²) >= 11 is 0. The second-order valence-electron chi connectivity index (χ2n) is 2.99. The molecule has 72 valence electrons. The van der Waals surface area contributed by atoms with Gasteiger partial charge in [-0.3, -0.25) is 0 Å². The molecule has 0 saturated carbocycles. The highest BCUT2D eigenvalue weighted by Crippen LogP contribution is 2.13. The van der Waals surface area contributed by atoms with Gasteiger partial charge in [-0.1, -0.05) is 12.1 Å². The molecule has 0 saturated heterocycles. The van der Waals surface area contributed by atoms with Crippen LogP contribution in [0.2, 0.25) is 0 Å². The largest absolute Gasteiger partial charge is 0.497 e. The van der Waals surface area contributed by atoms with Crippen molar-refractivity contribution in [1.29, 1.82) is 0 Å². The van der Waals surface area contributed by atoms with Crippen LogP contribution in [0.4, 0.5) is 0 Å². The predicted octanol–water partition coefficient (Wildman–Crippen LogP) is 1.40. The number of hydrogen-bond acceptors (Lipinski definition) is 3. The third kappa shape index (κ3) is 1.90. The Morgan fingerprint density at radius 3 is 2.64 bits per heavy atom. The standard InChI is InChI=1S/C10H11N3O/c1-14-10-4-2-8(3-5-10)6-9-7-11-13-12-9/h2-5,7H,6H2,1H3,(H,11,12,13).